The molecule has 0 unspecified atom stereocenters. The molecule has 0 aliphatic carbocycles. The molecule has 2 rings (SSSR count). The van der Waals surface area contributed by atoms with Crippen LogP contribution in [0.15, 0.2) is 16.9 Å². The van der Waals surface area contributed by atoms with Crippen LogP contribution in [0.5, 0.6) is 5.75 Å². The van der Waals surface area contributed by atoms with E-state index in [1.165, 1.54) is 13.8 Å². The number of benzene rings is 1. The summed E-state index contributed by atoms with van der Waals surface area (Å²) in [5.74, 6) is -1.67. The van der Waals surface area contributed by atoms with Crippen LogP contribution in [0.2, 0.25) is 0 Å². The maximum absolute atomic E-state index is 14.0. The summed E-state index contributed by atoms with van der Waals surface area (Å²) in [6, 6.07) is 3.33. The SMILES string of the molecule is Cc1c(-c2cc(O)c(C#N)cc2F)nc(C)n(C(F)F)c1=O. The topological polar surface area (TPSA) is 78.9 Å². The van der Waals surface area contributed by atoms with Crippen LogP contribution in [0.1, 0.15) is 23.5 Å². The van der Waals surface area contributed by atoms with Crippen LogP contribution in [-0.2, 0) is 0 Å². The van der Waals surface area contributed by atoms with Gasteiger partial charge in [-0.3, -0.25) is 4.79 Å². The normalized spacial score (nSPS) is 10.8. The average molecular weight is 309 g/mol. The molecule has 0 bridgehead atoms. The first-order chi connectivity index (χ1) is 10.3. The fourth-order valence-electron chi connectivity index (χ4n) is 2.05. The summed E-state index contributed by atoms with van der Waals surface area (Å²) < 4.78 is 39.9. The van der Waals surface area contributed by atoms with Crippen LogP contribution >= 0.6 is 0 Å². The van der Waals surface area contributed by atoms with Crippen molar-refractivity contribution >= 4 is 0 Å². The standard InChI is InChI=1S/C14H10F3N3O2/c1-6-12(19-7(2)20(13(6)22)14(16)17)9-4-11(21)8(5-18)3-10(9)15/h3-4,14,21H,1-2H3. The third kappa shape index (κ3) is 2.41. The van der Waals surface area contributed by atoms with Gasteiger partial charge in [0.25, 0.3) is 5.56 Å². The molecule has 0 fully saturated rings. The van der Waals surface area contributed by atoms with Crippen molar-refractivity contribution in [1.82, 2.24) is 9.55 Å². The second-order valence-corrected chi connectivity index (χ2v) is 4.55. The smallest absolute Gasteiger partial charge is 0.322 e. The summed E-state index contributed by atoms with van der Waals surface area (Å²) in [6.45, 7) is -0.637. The van der Waals surface area contributed by atoms with E-state index in [2.05, 4.69) is 4.98 Å². The van der Waals surface area contributed by atoms with Crippen molar-refractivity contribution in [2.24, 2.45) is 0 Å². The van der Waals surface area contributed by atoms with Crippen LogP contribution in [0.4, 0.5) is 13.2 Å². The third-order valence-electron chi connectivity index (χ3n) is 3.17. The number of alkyl halides is 2. The zero-order valence-corrected chi connectivity index (χ0v) is 11.6. The minimum Gasteiger partial charge on any atom is -0.507 e. The van der Waals surface area contributed by atoms with E-state index in [1.54, 1.807) is 6.07 Å². The highest BCUT2D eigenvalue weighted by Gasteiger charge is 2.21. The number of nitrogens with zero attached hydrogens (tertiary/aromatic N) is 3. The molecular formula is C14H10F3N3O2. The maximum Gasteiger partial charge on any atom is 0.322 e. The van der Waals surface area contributed by atoms with E-state index in [9.17, 15) is 23.1 Å². The van der Waals surface area contributed by atoms with E-state index >= 15 is 0 Å². The number of rotatable bonds is 2. The number of aromatic hydroxyl groups is 1. The van der Waals surface area contributed by atoms with E-state index < -0.39 is 23.7 Å². The van der Waals surface area contributed by atoms with Gasteiger partial charge in [0.15, 0.2) is 0 Å². The van der Waals surface area contributed by atoms with Crippen LogP contribution < -0.4 is 5.56 Å². The minimum atomic E-state index is -3.06. The van der Waals surface area contributed by atoms with Gasteiger partial charge in [-0.05, 0) is 26.0 Å². The van der Waals surface area contributed by atoms with Crippen molar-refractivity contribution in [3.63, 3.8) is 0 Å². The summed E-state index contributed by atoms with van der Waals surface area (Å²) >= 11 is 0. The first-order valence-corrected chi connectivity index (χ1v) is 6.08. The molecule has 1 N–H and O–H groups in total. The van der Waals surface area contributed by atoms with Crippen molar-refractivity contribution in [1.29, 1.82) is 5.26 Å². The highest BCUT2D eigenvalue weighted by Crippen LogP contribution is 2.29. The number of aromatic nitrogens is 2. The Morgan fingerprint density at radius 3 is 2.55 bits per heavy atom. The fourth-order valence-corrected chi connectivity index (χ4v) is 2.05. The molecule has 1 aromatic carbocycles. The van der Waals surface area contributed by atoms with E-state index in [0.717, 1.165) is 12.1 Å². The molecule has 8 heteroatoms. The number of hydrogen-bond donors (Lipinski definition) is 1. The lowest BCUT2D eigenvalue weighted by Gasteiger charge is -2.13. The van der Waals surface area contributed by atoms with Crippen molar-refractivity contribution in [2.75, 3.05) is 0 Å². The number of aryl methyl sites for hydroxylation is 1. The number of halogens is 3. The lowest BCUT2D eigenvalue weighted by Crippen LogP contribution is -2.27. The Morgan fingerprint density at radius 1 is 1.36 bits per heavy atom. The van der Waals surface area contributed by atoms with Gasteiger partial charge in [-0.1, -0.05) is 0 Å². The monoisotopic (exact) mass is 309 g/mol. The molecule has 1 aromatic heterocycles. The molecule has 0 aliphatic heterocycles. The third-order valence-corrected chi connectivity index (χ3v) is 3.17. The first-order valence-electron chi connectivity index (χ1n) is 6.08. The molecule has 1 heterocycles. The highest BCUT2D eigenvalue weighted by atomic mass is 19.3. The Bertz CT molecular complexity index is 854. The van der Waals surface area contributed by atoms with Gasteiger partial charge in [-0.15, -0.1) is 0 Å². The lowest BCUT2D eigenvalue weighted by atomic mass is 10.0. The van der Waals surface area contributed by atoms with Gasteiger partial charge in [-0.25, -0.2) is 13.9 Å². The summed E-state index contributed by atoms with van der Waals surface area (Å²) in [5.41, 5.74) is -1.86. The predicted molar refractivity (Wildman–Crippen MR) is 71.0 cm³/mol. The number of phenols is 1. The zero-order chi connectivity index (χ0) is 16.6. The number of nitriles is 1. The van der Waals surface area contributed by atoms with Gasteiger partial charge in [0.2, 0.25) is 0 Å². The largest absolute Gasteiger partial charge is 0.507 e. The molecule has 2 aromatic rings. The molecule has 22 heavy (non-hydrogen) atoms. The Balaban J connectivity index is 2.78. The van der Waals surface area contributed by atoms with Crippen molar-refractivity contribution in [3.8, 4) is 23.1 Å². The molecule has 0 aliphatic rings. The highest BCUT2D eigenvalue weighted by molar-refractivity contribution is 5.67. The van der Waals surface area contributed by atoms with Crippen LogP contribution in [-0.4, -0.2) is 14.7 Å². The summed E-state index contributed by atoms with van der Waals surface area (Å²) in [5, 5.41) is 18.3. The van der Waals surface area contributed by atoms with Gasteiger partial charge in [0.1, 0.15) is 23.5 Å². The van der Waals surface area contributed by atoms with E-state index in [4.69, 9.17) is 5.26 Å². The molecular weight excluding hydrogens is 299 g/mol. The molecule has 0 saturated heterocycles. The lowest BCUT2D eigenvalue weighted by molar-refractivity contribution is 0.0625. The summed E-state index contributed by atoms with van der Waals surface area (Å²) in [6.07, 6.45) is 0. The number of hydrogen-bond acceptors (Lipinski definition) is 4. The van der Waals surface area contributed by atoms with Gasteiger partial charge in [0, 0.05) is 11.1 Å². The second-order valence-electron chi connectivity index (χ2n) is 4.55. The quantitative estimate of drug-likeness (QED) is 0.925. The maximum atomic E-state index is 14.0. The van der Waals surface area contributed by atoms with Crippen LogP contribution in [0.25, 0.3) is 11.3 Å². The molecule has 0 atom stereocenters. The van der Waals surface area contributed by atoms with E-state index in [0.29, 0.717) is 0 Å². The Kier molecular flexibility index (Phi) is 3.91. The fraction of sp³-hybridized carbons (Fsp3) is 0.214. The molecule has 0 spiro atoms. The van der Waals surface area contributed by atoms with Gasteiger partial charge >= 0.3 is 6.55 Å². The summed E-state index contributed by atoms with van der Waals surface area (Å²) in [7, 11) is 0. The van der Waals surface area contributed by atoms with Gasteiger partial charge < -0.3 is 5.11 Å². The van der Waals surface area contributed by atoms with Crippen LogP contribution in [0.3, 0.4) is 0 Å². The Labute approximate surface area is 122 Å². The zero-order valence-electron chi connectivity index (χ0n) is 11.6. The molecule has 5 nitrogen and oxygen atoms in total. The minimum absolute atomic E-state index is 0.156. The predicted octanol–water partition coefficient (Wildman–Crippen LogP) is 2.64. The van der Waals surface area contributed by atoms with Crippen molar-refractivity contribution in [3.05, 3.63) is 45.3 Å². The molecule has 114 valence electrons. The Hall–Kier alpha value is -2.82. The number of phenolic OH excluding ortho intramolecular Hbond substituents is 1. The van der Waals surface area contributed by atoms with E-state index in [-0.39, 0.29) is 32.8 Å². The van der Waals surface area contributed by atoms with E-state index in [1.807, 2.05) is 0 Å². The van der Waals surface area contributed by atoms with Gasteiger partial charge in [0.05, 0.1) is 11.3 Å². The molecule has 0 amide bonds. The van der Waals surface area contributed by atoms with Crippen LogP contribution in [0, 0.1) is 31.0 Å². The first kappa shape index (κ1) is 15.6. The van der Waals surface area contributed by atoms with Crippen molar-refractivity contribution < 1.29 is 18.3 Å². The molecule has 0 radical (unpaired) electrons. The summed E-state index contributed by atoms with van der Waals surface area (Å²) in [4.78, 5) is 15.8. The second kappa shape index (κ2) is 5.52. The molecule has 0 saturated carbocycles. The average Bonchev–Trinajstić information content (AvgIpc) is 2.44. The van der Waals surface area contributed by atoms with Crippen molar-refractivity contribution in [2.45, 2.75) is 20.4 Å². The van der Waals surface area contributed by atoms with Gasteiger partial charge in [-0.2, -0.15) is 14.0 Å². The Morgan fingerprint density at radius 2 is 2.00 bits per heavy atom.